The monoisotopic (exact) mass is 833 g/mol. The van der Waals surface area contributed by atoms with Crippen molar-refractivity contribution in [3.63, 3.8) is 0 Å². The normalized spacial score (nSPS) is 12.6. The summed E-state index contributed by atoms with van der Waals surface area (Å²) in [5.41, 5.74) is 18.2. The Kier molecular flexibility index (Phi) is 8.07. The summed E-state index contributed by atoms with van der Waals surface area (Å²) in [6.07, 6.45) is 0. The van der Waals surface area contributed by atoms with E-state index in [1.807, 2.05) is 30.3 Å². The van der Waals surface area contributed by atoms with Gasteiger partial charge in [-0.3, -0.25) is 9.13 Å². The predicted molar refractivity (Wildman–Crippen MR) is 273 cm³/mol. The minimum Gasteiger partial charge on any atom is -0.383 e. The molecule has 0 atom stereocenters. The molecule has 7 nitrogen and oxygen atoms in total. The lowest BCUT2D eigenvalue weighted by atomic mass is 10.1. The number of hydrogen-bond acceptors (Lipinski definition) is 1. The molecule has 0 aliphatic heterocycles. The molecule has 0 amide bonds. The SMILES string of the molecule is C=C(/N=C(\N=C(/N)c1ccccc1)n1c2ccccc2c2ccc3c4ccccc4n(-c4ccccc4)c3c21)n1c2ccccc2c2ccc3c4ccccc4n(-c4ccccc4)c3c21. The summed E-state index contributed by atoms with van der Waals surface area (Å²) in [6.45, 7) is 4.85. The van der Waals surface area contributed by atoms with Gasteiger partial charge < -0.3 is 14.9 Å². The van der Waals surface area contributed by atoms with E-state index in [0.29, 0.717) is 17.6 Å². The molecular formula is C58H39N7. The largest absolute Gasteiger partial charge is 0.383 e. The maximum atomic E-state index is 7.07. The first kappa shape index (κ1) is 36.7. The van der Waals surface area contributed by atoms with E-state index in [-0.39, 0.29) is 0 Å². The number of aliphatic imine (C=N–C) groups is 2. The number of amidine groups is 1. The summed E-state index contributed by atoms with van der Waals surface area (Å²) >= 11 is 0. The van der Waals surface area contributed by atoms with Gasteiger partial charge in [-0.15, -0.1) is 0 Å². The Hall–Kier alpha value is -8.94. The molecule has 4 aromatic heterocycles. The van der Waals surface area contributed by atoms with Gasteiger partial charge in [-0.05, 0) is 48.5 Å². The molecule has 0 bridgehead atoms. The summed E-state index contributed by atoms with van der Waals surface area (Å²) in [7, 11) is 0. The topological polar surface area (TPSA) is 70.5 Å². The van der Waals surface area contributed by atoms with Crippen molar-refractivity contribution in [2.75, 3.05) is 0 Å². The molecule has 9 aromatic carbocycles. The molecule has 2 N–H and O–H groups in total. The van der Waals surface area contributed by atoms with E-state index in [1.165, 1.54) is 5.39 Å². The van der Waals surface area contributed by atoms with Gasteiger partial charge in [0, 0.05) is 60.0 Å². The van der Waals surface area contributed by atoms with Crippen LogP contribution in [0.2, 0.25) is 0 Å². The average molecular weight is 834 g/mol. The molecular weight excluding hydrogens is 795 g/mol. The van der Waals surface area contributed by atoms with Crippen molar-refractivity contribution in [2.24, 2.45) is 15.7 Å². The zero-order chi connectivity index (χ0) is 43.2. The van der Waals surface area contributed by atoms with E-state index >= 15 is 0 Å². The second-order valence-corrected chi connectivity index (χ2v) is 16.5. The van der Waals surface area contributed by atoms with E-state index in [0.717, 1.165) is 98.8 Å². The number of nitrogens with two attached hydrogens (primary N) is 1. The van der Waals surface area contributed by atoms with Gasteiger partial charge in [-0.2, -0.15) is 9.98 Å². The summed E-state index contributed by atoms with van der Waals surface area (Å²) in [4.78, 5) is 11.0. The van der Waals surface area contributed by atoms with Crippen molar-refractivity contribution in [3.8, 4) is 11.4 Å². The predicted octanol–water partition coefficient (Wildman–Crippen LogP) is 13.8. The molecule has 0 aliphatic carbocycles. The molecule has 4 heterocycles. The Bertz CT molecular complexity index is 4130. The maximum absolute atomic E-state index is 7.07. The first-order chi connectivity index (χ1) is 32.1. The molecule has 0 fully saturated rings. The highest BCUT2D eigenvalue weighted by atomic mass is 15.2. The Morgan fingerprint density at radius 2 is 0.692 bits per heavy atom. The lowest BCUT2D eigenvalue weighted by molar-refractivity contribution is 1.13. The van der Waals surface area contributed by atoms with Crippen molar-refractivity contribution in [2.45, 2.75) is 0 Å². The zero-order valence-electron chi connectivity index (χ0n) is 35.2. The third-order valence-electron chi connectivity index (χ3n) is 12.9. The van der Waals surface area contributed by atoms with Gasteiger partial charge >= 0.3 is 0 Å². The highest BCUT2D eigenvalue weighted by Crippen LogP contribution is 2.43. The van der Waals surface area contributed by atoms with Gasteiger partial charge in [0.2, 0.25) is 5.96 Å². The summed E-state index contributed by atoms with van der Waals surface area (Å²) in [6, 6.07) is 74.3. The van der Waals surface area contributed by atoms with E-state index in [2.05, 4.69) is 200 Å². The van der Waals surface area contributed by atoms with Crippen LogP contribution in [0.4, 0.5) is 0 Å². The van der Waals surface area contributed by atoms with Gasteiger partial charge in [0.05, 0.1) is 44.1 Å². The molecule has 65 heavy (non-hydrogen) atoms. The van der Waals surface area contributed by atoms with Crippen LogP contribution in [0.3, 0.4) is 0 Å². The van der Waals surface area contributed by atoms with Crippen molar-refractivity contribution < 1.29 is 0 Å². The van der Waals surface area contributed by atoms with Crippen molar-refractivity contribution in [1.29, 1.82) is 0 Å². The number of benzene rings is 9. The smallest absolute Gasteiger partial charge is 0.238 e. The van der Waals surface area contributed by atoms with Crippen LogP contribution < -0.4 is 5.73 Å². The lowest BCUT2D eigenvalue weighted by Crippen LogP contribution is -2.20. The Morgan fingerprint density at radius 3 is 1.17 bits per heavy atom. The number of hydrogen-bond donors (Lipinski definition) is 1. The first-order valence-electron chi connectivity index (χ1n) is 21.8. The number of aromatic nitrogens is 4. The zero-order valence-corrected chi connectivity index (χ0v) is 35.2. The second-order valence-electron chi connectivity index (χ2n) is 16.5. The van der Waals surface area contributed by atoms with Crippen LogP contribution in [0.15, 0.2) is 229 Å². The number of fused-ring (bicyclic) bond motifs is 14. The van der Waals surface area contributed by atoms with Crippen LogP contribution in [0.5, 0.6) is 0 Å². The maximum Gasteiger partial charge on any atom is 0.238 e. The van der Waals surface area contributed by atoms with E-state index in [9.17, 15) is 0 Å². The van der Waals surface area contributed by atoms with Gasteiger partial charge in [0.25, 0.3) is 0 Å². The summed E-state index contributed by atoms with van der Waals surface area (Å²) < 4.78 is 9.14. The van der Waals surface area contributed by atoms with E-state index < -0.39 is 0 Å². The fraction of sp³-hybridized carbons (Fsp3) is 0. The first-order valence-corrected chi connectivity index (χ1v) is 21.8. The van der Waals surface area contributed by atoms with Gasteiger partial charge in [0.1, 0.15) is 11.7 Å². The van der Waals surface area contributed by atoms with Crippen LogP contribution in [-0.4, -0.2) is 30.1 Å². The van der Waals surface area contributed by atoms with Crippen molar-refractivity contribution in [3.05, 3.63) is 224 Å². The molecule has 0 saturated carbocycles. The number of rotatable bonds is 5. The number of para-hydroxylation sites is 6. The molecule has 0 spiro atoms. The standard InChI is InChI=1S/C58H39N7/c1-37(62-49-29-15-11-25-41(49)45-33-34-46-42-26-12-16-30-50(42)63(54(46)53(45)62)39-21-7-3-8-22-39)60-58(61-57(59)38-19-5-2-6-20-38)65-52-32-18-14-28-44(52)48-36-35-47-43-27-13-17-31-51(43)64(55(47)56(48)65)40-23-9-4-10-24-40/h2-36H,1H2,(H2,59,60,61). The fourth-order valence-electron chi connectivity index (χ4n) is 10.2. The third kappa shape index (κ3) is 5.42. The molecule has 0 radical (unpaired) electrons. The van der Waals surface area contributed by atoms with Gasteiger partial charge in [-0.25, -0.2) is 0 Å². The lowest BCUT2D eigenvalue weighted by Gasteiger charge is -2.15. The number of nitrogens with zero attached hydrogens (tertiary/aromatic N) is 6. The van der Waals surface area contributed by atoms with Gasteiger partial charge in [0.15, 0.2) is 0 Å². The minimum atomic E-state index is 0.340. The van der Waals surface area contributed by atoms with Crippen molar-refractivity contribution >= 4 is 105 Å². The highest BCUT2D eigenvalue weighted by molar-refractivity contribution is 6.27. The van der Waals surface area contributed by atoms with Crippen LogP contribution in [0.1, 0.15) is 5.56 Å². The van der Waals surface area contributed by atoms with Crippen LogP contribution in [0, 0.1) is 0 Å². The molecule has 0 aliphatic rings. The fourth-order valence-corrected chi connectivity index (χ4v) is 10.2. The average Bonchev–Trinajstić information content (AvgIpc) is 4.10. The molecule has 0 saturated heterocycles. The van der Waals surface area contributed by atoms with Crippen LogP contribution >= 0.6 is 0 Å². The Morgan fingerprint density at radius 1 is 0.338 bits per heavy atom. The second kappa shape index (κ2) is 14.3. The molecule has 13 aromatic rings. The minimum absolute atomic E-state index is 0.340. The third-order valence-corrected chi connectivity index (χ3v) is 12.9. The highest BCUT2D eigenvalue weighted by Gasteiger charge is 2.25. The molecule has 306 valence electrons. The van der Waals surface area contributed by atoms with Crippen LogP contribution in [-0.2, 0) is 0 Å². The molecule has 13 rings (SSSR count). The quantitative estimate of drug-likeness (QED) is 0.136. The Balaban J connectivity index is 1.18. The van der Waals surface area contributed by atoms with Crippen LogP contribution in [0.25, 0.3) is 104 Å². The van der Waals surface area contributed by atoms with Gasteiger partial charge in [-0.1, -0.05) is 170 Å². The summed E-state index contributed by atoms with van der Waals surface area (Å²) in [5, 5.41) is 8.94. The Labute approximate surface area is 373 Å². The summed E-state index contributed by atoms with van der Waals surface area (Å²) in [5.74, 6) is 1.23. The van der Waals surface area contributed by atoms with E-state index in [4.69, 9.17) is 22.3 Å². The van der Waals surface area contributed by atoms with Crippen molar-refractivity contribution in [1.82, 2.24) is 18.3 Å². The molecule has 7 heteroatoms. The van der Waals surface area contributed by atoms with E-state index in [1.54, 1.807) is 0 Å². The molecule has 0 unspecified atom stereocenters.